The molecule has 2 aliphatic rings. The van der Waals surface area contributed by atoms with Crippen LogP contribution < -0.4 is 15.3 Å². The van der Waals surface area contributed by atoms with Crippen LogP contribution in [0.4, 0.5) is 0 Å². The summed E-state index contributed by atoms with van der Waals surface area (Å²) < 4.78 is 10.9. The Hall–Kier alpha value is -2.10. The predicted molar refractivity (Wildman–Crippen MR) is 89.5 cm³/mol. The lowest BCUT2D eigenvalue weighted by molar-refractivity contribution is -0.128. The van der Waals surface area contributed by atoms with Gasteiger partial charge in [-0.15, -0.1) is 0 Å². The van der Waals surface area contributed by atoms with E-state index in [2.05, 4.69) is 10.6 Å². The molecule has 0 aromatic heterocycles. The van der Waals surface area contributed by atoms with Crippen molar-refractivity contribution in [2.75, 3.05) is 19.7 Å². The highest BCUT2D eigenvalue weighted by Crippen LogP contribution is 2.30. The lowest BCUT2D eigenvalue weighted by Gasteiger charge is -2.29. The van der Waals surface area contributed by atoms with Crippen molar-refractivity contribution in [3.63, 3.8) is 0 Å². The van der Waals surface area contributed by atoms with E-state index >= 15 is 0 Å². The summed E-state index contributed by atoms with van der Waals surface area (Å²) in [5.41, 5.74) is 0.630. The first-order valence-electron chi connectivity index (χ1n) is 8.36. The fourth-order valence-electron chi connectivity index (χ4n) is 3.12. The van der Waals surface area contributed by atoms with Crippen molar-refractivity contribution in [3.05, 3.63) is 29.3 Å². The van der Waals surface area contributed by atoms with Crippen LogP contribution in [0.25, 0.3) is 0 Å². The van der Waals surface area contributed by atoms with E-state index in [0.717, 1.165) is 25.9 Å². The van der Waals surface area contributed by atoms with Gasteiger partial charge in [0.2, 0.25) is 5.91 Å². The largest absolute Gasteiger partial charge is 0.547 e. The molecule has 1 saturated heterocycles. The summed E-state index contributed by atoms with van der Waals surface area (Å²) in [6.07, 6.45) is 2.09. The van der Waals surface area contributed by atoms with Crippen LogP contribution in [0.2, 0.25) is 0 Å². The Kier molecular flexibility index (Phi) is 5.57. The fourth-order valence-corrected chi connectivity index (χ4v) is 3.12. The average molecular weight is 348 g/mol. The monoisotopic (exact) mass is 348 g/mol. The van der Waals surface area contributed by atoms with E-state index in [1.807, 2.05) is 0 Å². The zero-order chi connectivity index (χ0) is 17.8. The number of amides is 1. The number of benzene rings is 1. The number of hydrogen-bond donors (Lipinski definition) is 4. The Morgan fingerprint density at radius 2 is 2.12 bits per heavy atom. The number of carboxylic acids is 1. The van der Waals surface area contributed by atoms with E-state index < -0.39 is 19.0 Å². The first kappa shape index (κ1) is 17.7. The number of carboxylic acid groups (broad SMARTS) is 1. The van der Waals surface area contributed by atoms with E-state index in [0.29, 0.717) is 5.56 Å². The summed E-state index contributed by atoms with van der Waals surface area (Å²) in [5, 5.41) is 25.2. The SMILES string of the molecule is O=C(COC1CCNCC1)N[C@H]1Cc2cccc(C(=O)O)c2OB1O. The Morgan fingerprint density at radius 3 is 2.84 bits per heavy atom. The van der Waals surface area contributed by atoms with E-state index in [1.54, 1.807) is 12.1 Å². The Bertz CT molecular complexity index is 650. The first-order chi connectivity index (χ1) is 12.0. The molecule has 25 heavy (non-hydrogen) atoms. The molecule has 1 amide bonds. The molecule has 0 unspecified atom stereocenters. The number of nitrogens with one attached hydrogen (secondary N) is 2. The standard InChI is InChI=1S/C16H21BN2O6/c20-14(9-24-11-4-6-18-7-5-11)19-13-8-10-2-1-3-12(16(21)22)15(10)25-17(13)23/h1-3,11,13,18,23H,4-9H2,(H,19,20)(H,21,22)/t13-/m0/s1. The van der Waals surface area contributed by atoms with Crippen LogP contribution in [0.3, 0.4) is 0 Å². The molecule has 8 nitrogen and oxygen atoms in total. The minimum absolute atomic E-state index is 0.00410. The highest BCUT2D eigenvalue weighted by molar-refractivity contribution is 6.47. The summed E-state index contributed by atoms with van der Waals surface area (Å²) in [6, 6.07) is 4.75. The van der Waals surface area contributed by atoms with Crippen LogP contribution in [0, 0.1) is 0 Å². The summed E-state index contributed by atoms with van der Waals surface area (Å²) in [7, 11) is -1.31. The van der Waals surface area contributed by atoms with Crippen LogP contribution in [0.15, 0.2) is 18.2 Å². The number of piperidine rings is 1. The van der Waals surface area contributed by atoms with Gasteiger partial charge in [0, 0.05) is 0 Å². The normalized spacial score (nSPS) is 20.5. The lowest BCUT2D eigenvalue weighted by atomic mass is 9.72. The third-order valence-electron chi connectivity index (χ3n) is 4.43. The number of carbonyl (C=O) groups is 2. The second kappa shape index (κ2) is 7.86. The van der Waals surface area contributed by atoms with Gasteiger partial charge in [-0.05, 0) is 44.0 Å². The molecule has 0 saturated carbocycles. The number of fused-ring (bicyclic) bond motifs is 1. The van der Waals surface area contributed by atoms with Gasteiger partial charge in [0.25, 0.3) is 0 Å². The van der Waals surface area contributed by atoms with Crippen molar-refractivity contribution < 1.29 is 29.1 Å². The third-order valence-corrected chi connectivity index (χ3v) is 4.43. The molecule has 1 aromatic rings. The van der Waals surface area contributed by atoms with Gasteiger partial charge in [-0.25, -0.2) is 4.79 Å². The van der Waals surface area contributed by atoms with Crippen molar-refractivity contribution in [1.82, 2.24) is 10.6 Å². The maximum absolute atomic E-state index is 12.1. The van der Waals surface area contributed by atoms with Crippen LogP contribution in [-0.4, -0.2) is 60.9 Å². The van der Waals surface area contributed by atoms with Crippen LogP contribution in [-0.2, 0) is 16.0 Å². The summed E-state index contributed by atoms with van der Waals surface area (Å²) >= 11 is 0. The Labute approximate surface area is 145 Å². The van der Waals surface area contributed by atoms with E-state index in [1.165, 1.54) is 6.07 Å². The van der Waals surface area contributed by atoms with Gasteiger partial charge in [0.15, 0.2) is 0 Å². The molecule has 0 spiro atoms. The highest BCUT2D eigenvalue weighted by atomic mass is 16.5. The summed E-state index contributed by atoms with van der Waals surface area (Å²) in [6.45, 7) is 1.68. The zero-order valence-corrected chi connectivity index (χ0v) is 13.7. The summed E-state index contributed by atoms with van der Waals surface area (Å²) in [4.78, 5) is 23.3. The molecule has 3 rings (SSSR count). The fraction of sp³-hybridized carbons (Fsp3) is 0.500. The topological polar surface area (TPSA) is 117 Å². The first-order valence-corrected chi connectivity index (χ1v) is 8.36. The van der Waals surface area contributed by atoms with Crippen LogP contribution in [0.1, 0.15) is 28.8 Å². The molecular formula is C16H21BN2O6. The molecule has 134 valence electrons. The number of aromatic carboxylic acids is 1. The van der Waals surface area contributed by atoms with Gasteiger partial charge in [-0.2, -0.15) is 0 Å². The maximum atomic E-state index is 12.1. The number of hydrogen-bond acceptors (Lipinski definition) is 6. The summed E-state index contributed by atoms with van der Waals surface area (Å²) in [5.74, 6) is -1.95. The average Bonchev–Trinajstić information content (AvgIpc) is 2.61. The third kappa shape index (κ3) is 4.30. The van der Waals surface area contributed by atoms with Gasteiger partial charge in [0.1, 0.15) is 12.4 Å². The quantitative estimate of drug-likeness (QED) is 0.535. The zero-order valence-electron chi connectivity index (χ0n) is 13.7. The molecule has 1 atom stereocenters. The van der Waals surface area contributed by atoms with Gasteiger partial charge in [-0.3, -0.25) is 4.79 Å². The highest BCUT2D eigenvalue weighted by Gasteiger charge is 2.37. The molecule has 1 fully saturated rings. The molecule has 0 radical (unpaired) electrons. The molecular weight excluding hydrogens is 327 g/mol. The van der Waals surface area contributed by atoms with E-state index in [-0.39, 0.29) is 36.4 Å². The van der Waals surface area contributed by atoms with Gasteiger partial charge in [0.05, 0.1) is 17.6 Å². The molecule has 0 bridgehead atoms. The van der Waals surface area contributed by atoms with Gasteiger partial charge in [-0.1, -0.05) is 12.1 Å². The van der Waals surface area contributed by atoms with Gasteiger partial charge >= 0.3 is 13.1 Å². The van der Waals surface area contributed by atoms with Crippen molar-refractivity contribution in [1.29, 1.82) is 0 Å². The second-order valence-electron chi connectivity index (χ2n) is 6.25. The number of ether oxygens (including phenoxy) is 1. The Morgan fingerprint density at radius 1 is 1.36 bits per heavy atom. The van der Waals surface area contributed by atoms with Crippen molar-refractivity contribution in [3.8, 4) is 5.75 Å². The molecule has 9 heteroatoms. The predicted octanol–water partition coefficient (Wildman–Crippen LogP) is -0.407. The molecule has 4 N–H and O–H groups in total. The second-order valence-corrected chi connectivity index (χ2v) is 6.25. The molecule has 2 heterocycles. The smallest absolute Gasteiger partial charge is 0.534 e. The number of para-hydroxylation sites is 1. The van der Waals surface area contributed by atoms with Crippen molar-refractivity contribution >= 4 is 19.0 Å². The van der Waals surface area contributed by atoms with Crippen LogP contribution in [0.5, 0.6) is 5.75 Å². The van der Waals surface area contributed by atoms with Gasteiger partial charge < -0.3 is 30.2 Å². The maximum Gasteiger partial charge on any atom is 0.547 e. The molecule has 0 aliphatic carbocycles. The van der Waals surface area contributed by atoms with Crippen molar-refractivity contribution in [2.45, 2.75) is 31.3 Å². The van der Waals surface area contributed by atoms with E-state index in [4.69, 9.17) is 9.39 Å². The van der Waals surface area contributed by atoms with E-state index in [9.17, 15) is 19.7 Å². The molecule has 2 aliphatic heterocycles. The Balaban J connectivity index is 1.57. The minimum atomic E-state index is -1.31. The lowest BCUT2D eigenvalue weighted by Crippen LogP contribution is -2.54. The minimum Gasteiger partial charge on any atom is -0.534 e. The number of carbonyl (C=O) groups excluding carboxylic acids is 1. The van der Waals surface area contributed by atoms with Crippen LogP contribution >= 0.6 is 0 Å². The number of rotatable bonds is 5. The van der Waals surface area contributed by atoms with Crippen molar-refractivity contribution in [2.24, 2.45) is 0 Å². The molecule has 1 aromatic carbocycles.